The first-order valence-electron chi connectivity index (χ1n) is 8.28. The van der Waals surface area contributed by atoms with Crippen LogP contribution in [0.25, 0.3) is 10.6 Å². The highest BCUT2D eigenvalue weighted by molar-refractivity contribution is 7.18. The number of benzene rings is 1. The van der Waals surface area contributed by atoms with Crippen LogP contribution < -0.4 is 5.32 Å². The molecule has 0 spiro atoms. The number of carbonyl (C=O) groups is 2. The van der Waals surface area contributed by atoms with Crippen LogP contribution in [0.4, 0.5) is 13.9 Å². The topological polar surface area (TPSA) is 84.4 Å². The van der Waals surface area contributed by atoms with Gasteiger partial charge in [0.25, 0.3) is 0 Å². The first-order valence-corrected chi connectivity index (χ1v) is 9.98. The van der Waals surface area contributed by atoms with E-state index >= 15 is 0 Å². The van der Waals surface area contributed by atoms with E-state index in [1.807, 2.05) is 0 Å². The Morgan fingerprint density at radius 2 is 1.93 bits per heavy atom. The predicted octanol–water partition coefficient (Wildman–Crippen LogP) is 3.67. The van der Waals surface area contributed by atoms with Gasteiger partial charge >= 0.3 is 5.91 Å². The molecule has 152 valence electrons. The second kappa shape index (κ2) is 8.72. The van der Waals surface area contributed by atoms with Crippen molar-refractivity contribution in [3.05, 3.63) is 51.5 Å². The van der Waals surface area contributed by atoms with Crippen molar-refractivity contribution in [2.75, 3.05) is 19.5 Å². The van der Waals surface area contributed by atoms with Crippen molar-refractivity contribution in [3.63, 3.8) is 0 Å². The zero-order chi connectivity index (χ0) is 21.1. The van der Waals surface area contributed by atoms with Crippen molar-refractivity contribution < 1.29 is 23.2 Å². The van der Waals surface area contributed by atoms with Gasteiger partial charge in [0.15, 0.2) is 10.1 Å². The van der Waals surface area contributed by atoms with Crippen molar-refractivity contribution in [2.45, 2.75) is 13.3 Å². The molecule has 0 fully saturated rings. The third-order valence-electron chi connectivity index (χ3n) is 3.92. The fourth-order valence-corrected chi connectivity index (χ4v) is 4.19. The zero-order valence-corrected chi connectivity index (χ0v) is 17.3. The quantitative estimate of drug-likeness (QED) is 0.594. The molecule has 1 N–H and O–H groups in total. The Balaban J connectivity index is 1.74. The minimum absolute atomic E-state index is 0.246. The van der Waals surface area contributed by atoms with Gasteiger partial charge in [-0.05, 0) is 19.1 Å². The number of thiazole rings is 2. The molecule has 0 unspecified atom stereocenters. The van der Waals surface area contributed by atoms with Crippen LogP contribution in [0, 0.1) is 18.6 Å². The smallest absolute Gasteiger partial charge is 0.302 e. The molecule has 0 aliphatic rings. The standard InChI is InChI=1S/C18H16F2N4O3S2/c1-9-15(29-16(21-9)17(26)24(2)27-3)13-8-28-18(22-13)23-14(25)7-10-11(19)5-4-6-12(10)20/h4-6,8H,7H2,1-3H3,(H,22,23,25). The first kappa shape index (κ1) is 21.0. The lowest BCUT2D eigenvalue weighted by Gasteiger charge is -2.10. The molecule has 0 saturated heterocycles. The SMILES string of the molecule is CON(C)C(=O)c1nc(C)c(-c2csc(NC(=O)Cc3c(F)cccc3F)n2)s1. The van der Waals surface area contributed by atoms with E-state index in [0.29, 0.717) is 16.3 Å². The number of rotatable bonds is 6. The Kier molecular flexibility index (Phi) is 6.30. The van der Waals surface area contributed by atoms with Gasteiger partial charge in [0, 0.05) is 18.0 Å². The van der Waals surface area contributed by atoms with E-state index < -0.39 is 24.0 Å². The number of halogens is 2. The summed E-state index contributed by atoms with van der Waals surface area (Å²) < 4.78 is 27.4. The Labute approximate surface area is 172 Å². The van der Waals surface area contributed by atoms with Gasteiger partial charge < -0.3 is 5.32 Å². The molecule has 2 heterocycles. The average Bonchev–Trinajstić information content (AvgIpc) is 3.29. The summed E-state index contributed by atoms with van der Waals surface area (Å²) in [6.45, 7) is 1.74. The summed E-state index contributed by atoms with van der Waals surface area (Å²) >= 11 is 2.31. The van der Waals surface area contributed by atoms with Crippen molar-refractivity contribution in [3.8, 4) is 10.6 Å². The summed E-state index contributed by atoms with van der Waals surface area (Å²) in [5.41, 5.74) is 0.849. The van der Waals surface area contributed by atoms with Gasteiger partial charge in [0.2, 0.25) is 5.91 Å². The van der Waals surface area contributed by atoms with E-state index in [9.17, 15) is 18.4 Å². The largest absolute Gasteiger partial charge is 0.306 e. The number of aromatic nitrogens is 2. The fraction of sp³-hybridized carbons (Fsp3) is 0.222. The number of amides is 2. The molecular formula is C18H16F2N4O3S2. The molecule has 0 saturated carbocycles. The highest BCUT2D eigenvalue weighted by atomic mass is 32.1. The number of nitrogens with one attached hydrogen (secondary N) is 1. The average molecular weight is 438 g/mol. The molecule has 2 aromatic heterocycles. The third-order valence-corrected chi connectivity index (χ3v) is 5.85. The molecule has 11 heteroatoms. The molecule has 3 aromatic rings. The second-order valence-corrected chi connectivity index (χ2v) is 7.74. The van der Waals surface area contributed by atoms with Gasteiger partial charge in [-0.3, -0.25) is 14.4 Å². The van der Waals surface area contributed by atoms with E-state index in [0.717, 1.165) is 39.9 Å². The van der Waals surface area contributed by atoms with Crippen LogP contribution in [0.3, 0.4) is 0 Å². The van der Waals surface area contributed by atoms with Crippen molar-refractivity contribution >= 4 is 39.6 Å². The van der Waals surface area contributed by atoms with Gasteiger partial charge in [0.1, 0.15) is 11.6 Å². The zero-order valence-electron chi connectivity index (χ0n) is 15.7. The highest BCUT2D eigenvalue weighted by Crippen LogP contribution is 2.32. The van der Waals surface area contributed by atoms with E-state index in [1.165, 1.54) is 20.2 Å². The van der Waals surface area contributed by atoms with Crippen molar-refractivity contribution in [1.82, 2.24) is 15.0 Å². The van der Waals surface area contributed by atoms with Gasteiger partial charge in [-0.1, -0.05) is 6.07 Å². The molecule has 3 rings (SSSR count). The monoisotopic (exact) mass is 438 g/mol. The Hall–Kier alpha value is -2.76. The van der Waals surface area contributed by atoms with Gasteiger partial charge in [-0.2, -0.15) is 0 Å². The molecule has 0 radical (unpaired) electrons. The lowest BCUT2D eigenvalue weighted by molar-refractivity contribution is -0.115. The summed E-state index contributed by atoms with van der Waals surface area (Å²) in [5.74, 6) is -2.53. The summed E-state index contributed by atoms with van der Waals surface area (Å²) in [4.78, 5) is 38.4. The van der Waals surface area contributed by atoms with Crippen LogP contribution in [-0.2, 0) is 16.1 Å². The fourth-order valence-electron chi connectivity index (χ4n) is 2.40. The second-order valence-electron chi connectivity index (χ2n) is 5.88. The number of hydrogen-bond donors (Lipinski definition) is 1. The van der Waals surface area contributed by atoms with Crippen LogP contribution in [0.15, 0.2) is 23.6 Å². The molecule has 0 aliphatic heterocycles. The van der Waals surface area contributed by atoms with Crippen molar-refractivity contribution in [2.24, 2.45) is 0 Å². The normalized spacial score (nSPS) is 10.8. The number of carbonyl (C=O) groups excluding carboxylic acids is 2. The Bertz CT molecular complexity index is 1050. The first-order chi connectivity index (χ1) is 13.8. The van der Waals surface area contributed by atoms with Crippen LogP contribution in [0.2, 0.25) is 0 Å². The van der Waals surface area contributed by atoms with E-state index in [1.54, 1.807) is 12.3 Å². The summed E-state index contributed by atoms with van der Waals surface area (Å²) in [5, 5.41) is 5.82. The predicted molar refractivity (Wildman–Crippen MR) is 106 cm³/mol. The van der Waals surface area contributed by atoms with E-state index in [4.69, 9.17) is 4.84 Å². The van der Waals surface area contributed by atoms with Crippen LogP contribution in [-0.4, -0.2) is 41.0 Å². The number of nitrogens with zero attached hydrogens (tertiary/aromatic N) is 3. The molecule has 0 atom stereocenters. The van der Waals surface area contributed by atoms with E-state index in [2.05, 4.69) is 15.3 Å². The Morgan fingerprint density at radius 1 is 1.24 bits per heavy atom. The number of anilines is 1. The summed E-state index contributed by atoms with van der Waals surface area (Å²) in [6.07, 6.45) is -0.449. The molecule has 0 aliphatic carbocycles. The molecule has 29 heavy (non-hydrogen) atoms. The number of hydrogen-bond acceptors (Lipinski definition) is 7. The van der Waals surface area contributed by atoms with Crippen LogP contribution in [0.5, 0.6) is 0 Å². The highest BCUT2D eigenvalue weighted by Gasteiger charge is 2.21. The maximum absolute atomic E-state index is 13.7. The van der Waals surface area contributed by atoms with Crippen molar-refractivity contribution in [1.29, 1.82) is 0 Å². The summed E-state index contributed by atoms with van der Waals surface area (Å²) in [7, 11) is 2.86. The minimum atomic E-state index is -0.779. The summed E-state index contributed by atoms with van der Waals surface area (Å²) in [6, 6.07) is 3.43. The number of hydroxylamine groups is 2. The molecule has 1 aromatic carbocycles. The van der Waals surface area contributed by atoms with Gasteiger partial charge in [-0.15, -0.1) is 22.7 Å². The molecule has 7 nitrogen and oxygen atoms in total. The minimum Gasteiger partial charge on any atom is -0.302 e. The Morgan fingerprint density at radius 3 is 2.59 bits per heavy atom. The maximum Gasteiger partial charge on any atom is 0.306 e. The molecular weight excluding hydrogens is 422 g/mol. The van der Waals surface area contributed by atoms with Crippen LogP contribution >= 0.6 is 22.7 Å². The lowest BCUT2D eigenvalue weighted by Crippen LogP contribution is -2.25. The lowest BCUT2D eigenvalue weighted by atomic mass is 10.1. The van der Waals surface area contributed by atoms with E-state index in [-0.39, 0.29) is 21.6 Å². The molecule has 0 bridgehead atoms. The number of aryl methyl sites for hydroxylation is 1. The van der Waals surface area contributed by atoms with Gasteiger partial charge in [-0.25, -0.2) is 23.8 Å². The van der Waals surface area contributed by atoms with Crippen LogP contribution in [0.1, 0.15) is 21.1 Å². The third kappa shape index (κ3) is 4.63. The molecule has 2 amide bonds. The van der Waals surface area contributed by atoms with Gasteiger partial charge in [0.05, 0.1) is 29.8 Å². The maximum atomic E-state index is 13.7.